The molecular weight excluding hydrogens is 460 g/mol. The number of esters is 1. The molecule has 1 heterocycles. The van der Waals surface area contributed by atoms with E-state index in [1.807, 2.05) is 7.05 Å². The summed E-state index contributed by atoms with van der Waals surface area (Å²) in [7, 11) is 6.43. The number of aromatic nitrogens is 3. The van der Waals surface area contributed by atoms with Crippen molar-refractivity contribution in [2.24, 2.45) is 7.05 Å². The third kappa shape index (κ3) is 5.60. The Labute approximate surface area is 201 Å². The van der Waals surface area contributed by atoms with E-state index in [1.54, 1.807) is 62.1 Å². The maximum Gasteiger partial charge on any atom is 0.338 e. The lowest BCUT2D eigenvalue weighted by atomic mass is 10.1. The van der Waals surface area contributed by atoms with Gasteiger partial charge in [-0.3, -0.25) is 4.79 Å². The van der Waals surface area contributed by atoms with E-state index in [1.165, 1.54) is 18.9 Å². The van der Waals surface area contributed by atoms with E-state index in [0.29, 0.717) is 39.5 Å². The van der Waals surface area contributed by atoms with Crippen molar-refractivity contribution in [3.8, 4) is 28.6 Å². The fourth-order valence-electron chi connectivity index (χ4n) is 3.17. The van der Waals surface area contributed by atoms with Crippen molar-refractivity contribution in [1.29, 1.82) is 0 Å². The van der Waals surface area contributed by atoms with Crippen molar-refractivity contribution in [2.75, 3.05) is 39.0 Å². The van der Waals surface area contributed by atoms with E-state index >= 15 is 0 Å². The average molecular weight is 487 g/mol. The number of amides is 1. The van der Waals surface area contributed by atoms with E-state index in [-0.39, 0.29) is 18.3 Å². The zero-order chi connectivity index (χ0) is 24.7. The minimum Gasteiger partial charge on any atom is -0.493 e. The molecule has 0 saturated heterocycles. The lowest BCUT2D eigenvalue weighted by Crippen LogP contribution is -2.15. The molecule has 0 aliphatic heterocycles. The van der Waals surface area contributed by atoms with Gasteiger partial charge in [0.25, 0.3) is 0 Å². The second kappa shape index (κ2) is 11.4. The summed E-state index contributed by atoms with van der Waals surface area (Å²) in [6.07, 6.45) is 0. The van der Waals surface area contributed by atoms with Crippen LogP contribution in [0.15, 0.2) is 41.6 Å². The summed E-state index contributed by atoms with van der Waals surface area (Å²) >= 11 is 1.23. The fourth-order valence-corrected chi connectivity index (χ4v) is 3.88. The lowest BCUT2D eigenvalue weighted by molar-refractivity contribution is -0.113. The van der Waals surface area contributed by atoms with Crippen molar-refractivity contribution in [3.05, 3.63) is 42.0 Å². The Balaban J connectivity index is 1.70. The number of carbonyl (C=O) groups excluding carboxylic acids is 2. The Bertz CT molecular complexity index is 1160. The predicted molar refractivity (Wildman–Crippen MR) is 128 cm³/mol. The number of hydrogen-bond acceptors (Lipinski definition) is 9. The molecule has 1 aromatic heterocycles. The normalized spacial score (nSPS) is 10.5. The Morgan fingerprint density at radius 1 is 1.03 bits per heavy atom. The largest absolute Gasteiger partial charge is 0.493 e. The summed E-state index contributed by atoms with van der Waals surface area (Å²) in [6, 6.07) is 10.2. The molecule has 180 valence electrons. The first-order valence-corrected chi connectivity index (χ1v) is 11.3. The number of rotatable bonds is 10. The summed E-state index contributed by atoms with van der Waals surface area (Å²) < 4.78 is 23.0. The molecule has 10 nitrogen and oxygen atoms in total. The smallest absolute Gasteiger partial charge is 0.338 e. The highest BCUT2D eigenvalue weighted by Crippen LogP contribution is 2.41. The monoisotopic (exact) mass is 486 g/mol. The van der Waals surface area contributed by atoms with Crippen molar-refractivity contribution in [2.45, 2.75) is 12.1 Å². The van der Waals surface area contributed by atoms with Gasteiger partial charge in [0, 0.05) is 18.3 Å². The van der Waals surface area contributed by atoms with Gasteiger partial charge in [-0.05, 0) is 37.3 Å². The molecule has 34 heavy (non-hydrogen) atoms. The molecule has 1 amide bonds. The molecule has 0 radical (unpaired) electrons. The third-order valence-corrected chi connectivity index (χ3v) is 5.77. The number of ether oxygens (including phenoxy) is 4. The van der Waals surface area contributed by atoms with Crippen molar-refractivity contribution >= 4 is 29.3 Å². The number of anilines is 1. The van der Waals surface area contributed by atoms with E-state index in [2.05, 4.69) is 15.5 Å². The SMILES string of the molecule is CCOC(=O)c1cccc(NC(=O)CSc2nnc(-c3cc(OC)c(OC)c(OC)c3)n2C)c1. The van der Waals surface area contributed by atoms with Crippen molar-refractivity contribution in [3.63, 3.8) is 0 Å². The van der Waals surface area contributed by atoms with Gasteiger partial charge in [-0.25, -0.2) is 4.79 Å². The van der Waals surface area contributed by atoms with Crippen LogP contribution in [0.25, 0.3) is 11.4 Å². The summed E-state index contributed by atoms with van der Waals surface area (Å²) in [5.74, 6) is 1.47. The Kier molecular flexibility index (Phi) is 8.36. The predicted octanol–water partition coefficient (Wildman–Crippen LogP) is 3.42. The van der Waals surface area contributed by atoms with Crippen LogP contribution in [0.4, 0.5) is 5.69 Å². The summed E-state index contributed by atoms with van der Waals surface area (Å²) in [5, 5.41) is 11.8. The number of nitrogens with one attached hydrogen (secondary N) is 1. The molecular formula is C23H26N4O6S. The van der Waals surface area contributed by atoms with Crippen LogP contribution in [0, 0.1) is 0 Å². The second-order valence-electron chi connectivity index (χ2n) is 6.92. The number of thioether (sulfide) groups is 1. The van der Waals surface area contributed by atoms with Crippen LogP contribution >= 0.6 is 11.8 Å². The number of carbonyl (C=O) groups is 2. The number of nitrogens with zero attached hydrogens (tertiary/aromatic N) is 3. The first kappa shape index (κ1) is 24.9. The number of benzene rings is 2. The molecule has 0 spiro atoms. The molecule has 0 fully saturated rings. The number of hydrogen-bond donors (Lipinski definition) is 1. The van der Waals surface area contributed by atoms with Gasteiger partial charge in [0.15, 0.2) is 22.5 Å². The van der Waals surface area contributed by atoms with Crippen molar-refractivity contribution in [1.82, 2.24) is 14.8 Å². The zero-order valence-corrected chi connectivity index (χ0v) is 20.4. The van der Waals surface area contributed by atoms with Gasteiger partial charge in [0.1, 0.15) is 0 Å². The molecule has 0 aliphatic carbocycles. The molecule has 3 rings (SSSR count). The number of methoxy groups -OCH3 is 3. The Morgan fingerprint density at radius 2 is 1.74 bits per heavy atom. The van der Waals surface area contributed by atoms with Crippen LogP contribution in [0.3, 0.4) is 0 Å². The highest BCUT2D eigenvalue weighted by atomic mass is 32.2. The topological polar surface area (TPSA) is 114 Å². The van der Waals surface area contributed by atoms with E-state index < -0.39 is 5.97 Å². The first-order chi connectivity index (χ1) is 16.4. The van der Waals surface area contributed by atoms with Gasteiger partial charge in [0.2, 0.25) is 11.7 Å². The fraction of sp³-hybridized carbons (Fsp3) is 0.304. The minimum atomic E-state index is -0.439. The van der Waals surface area contributed by atoms with Crippen LogP contribution in [0.2, 0.25) is 0 Å². The molecule has 0 bridgehead atoms. The van der Waals surface area contributed by atoms with Gasteiger partial charge < -0.3 is 28.8 Å². The summed E-state index contributed by atoms with van der Waals surface area (Å²) in [5.41, 5.74) is 1.60. The van der Waals surface area contributed by atoms with E-state index in [0.717, 1.165) is 5.56 Å². The first-order valence-electron chi connectivity index (χ1n) is 10.3. The molecule has 0 saturated carbocycles. The summed E-state index contributed by atoms with van der Waals surface area (Å²) in [4.78, 5) is 24.4. The molecule has 2 aromatic carbocycles. The minimum absolute atomic E-state index is 0.102. The van der Waals surface area contributed by atoms with Crippen LogP contribution in [0.5, 0.6) is 17.2 Å². The molecule has 0 atom stereocenters. The molecule has 11 heteroatoms. The maximum absolute atomic E-state index is 12.5. The zero-order valence-electron chi connectivity index (χ0n) is 19.6. The Morgan fingerprint density at radius 3 is 2.35 bits per heavy atom. The molecule has 0 aliphatic rings. The molecule has 3 aromatic rings. The van der Waals surface area contributed by atoms with Gasteiger partial charge in [-0.2, -0.15) is 0 Å². The van der Waals surface area contributed by atoms with E-state index in [9.17, 15) is 9.59 Å². The standard InChI is InChI=1S/C23H26N4O6S/c1-6-33-22(29)14-8-7-9-16(10-14)24-19(28)13-34-23-26-25-21(27(23)2)15-11-17(30-3)20(32-5)18(12-15)31-4/h7-12H,6,13H2,1-5H3,(H,24,28). The summed E-state index contributed by atoms with van der Waals surface area (Å²) in [6.45, 7) is 2.02. The highest BCUT2D eigenvalue weighted by Gasteiger charge is 2.19. The second-order valence-corrected chi connectivity index (χ2v) is 7.86. The maximum atomic E-state index is 12.5. The third-order valence-electron chi connectivity index (χ3n) is 4.75. The molecule has 1 N–H and O–H groups in total. The average Bonchev–Trinajstić information content (AvgIpc) is 3.22. The van der Waals surface area contributed by atoms with Gasteiger partial charge >= 0.3 is 5.97 Å². The van der Waals surface area contributed by atoms with Crippen LogP contribution in [-0.4, -0.2) is 60.3 Å². The van der Waals surface area contributed by atoms with Crippen LogP contribution in [-0.2, 0) is 16.6 Å². The molecule has 0 unspecified atom stereocenters. The quantitative estimate of drug-likeness (QED) is 0.340. The van der Waals surface area contributed by atoms with Gasteiger partial charge in [0.05, 0.1) is 39.3 Å². The van der Waals surface area contributed by atoms with Crippen LogP contribution < -0.4 is 19.5 Å². The van der Waals surface area contributed by atoms with Crippen molar-refractivity contribution < 1.29 is 28.5 Å². The van der Waals surface area contributed by atoms with Crippen LogP contribution in [0.1, 0.15) is 17.3 Å². The highest BCUT2D eigenvalue weighted by molar-refractivity contribution is 7.99. The lowest BCUT2D eigenvalue weighted by Gasteiger charge is -2.14. The van der Waals surface area contributed by atoms with E-state index in [4.69, 9.17) is 18.9 Å². The Hall–Kier alpha value is -3.73. The van der Waals surface area contributed by atoms with Gasteiger partial charge in [-0.15, -0.1) is 10.2 Å². The van der Waals surface area contributed by atoms with Gasteiger partial charge in [-0.1, -0.05) is 17.8 Å².